The maximum Gasteiger partial charge on any atom is 0.119 e. The van der Waals surface area contributed by atoms with Gasteiger partial charge in [0.25, 0.3) is 0 Å². The number of piperazine rings is 1. The molecule has 4 heteroatoms. The van der Waals surface area contributed by atoms with Crippen LogP contribution in [0.25, 0.3) is 0 Å². The summed E-state index contributed by atoms with van der Waals surface area (Å²) < 4.78 is 10.9. The van der Waals surface area contributed by atoms with Crippen LogP contribution in [-0.4, -0.2) is 50.3 Å². The number of rotatable bonds is 6. The summed E-state index contributed by atoms with van der Waals surface area (Å²) in [5.74, 6) is 1.76. The Morgan fingerprint density at radius 3 is 2.60 bits per heavy atom. The first-order valence-corrected chi connectivity index (χ1v) is 7.47. The molecule has 0 aliphatic carbocycles. The van der Waals surface area contributed by atoms with Crippen LogP contribution in [0.2, 0.25) is 0 Å². The van der Waals surface area contributed by atoms with Crippen LogP contribution >= 0.6 is 0 Å². The smallest absolute Gasteiger partial charge is 0.119 e. The van der Waals surface area contributed by atoms with E-state index in [1.165, 1.54) is 6.42 Å². The van der Waals surface area contributed by atoms with Gasteiger partial charge >= 0.3 is 0 Å². The zero-order chi connectivity index (χ0) is 14.4. The van der Waals surface area contributed by atoms with E-state index in [-0.39, 0.29) is 0 Å². The van der Waals surface area contributed by atoms with E-state index >= 15 is 0 Å². The number of hydrogen-bond donors (Lipinski definition) is 1. The maximum absolute atomic E-state index is 5.81. The molecular formula is C16H26N2O2. The average Bonchev–Trinajstić information content (AvgIpc) is 2.50. The van der Waals surface area contributed by atoms with Gasteiger partial charge in [-0.05, 0) is 37.6 Å². The highest BCUT2D eigenvalue weighted by Crippen LogP contribution is 2.17. The number of nitrogens with zero attached hydrogens (tertiary/aromatic N) is 1. The third kappa shape index (κ3) is 4.12. The summed E-state index contributed by atoms with van der Waals surface area (Å²) in [5, 5.41) is 3.57. The van der Waals surface area contributed by atoms with Gasteiger partial charge in [0.15, 0.2) is 0 Å². The Labute approximate surface area is 122 Å². The monoisotopic (exact) mass is 278 g/mol. The topological polar surface area (TPSA) is 33.7 Å². The molecule has 1 N–H and O–H groups in total. The highest BCUT2D eigenvalue weighted by atomic mass is 16.5. The summed E-state index contributed by atoms with van der Waals surface area (Å²) in [6, 6.07) is 8.96. The van der Waals surface area contributed by atoms with Gasteiger partial charge in [-0.25, -0.2) is 0 Å². The molecule has 1 saturated heterocycles. The fraction of sp³-hybridized carbons (Fsp3) is 0.625. The summed E-state index contributed by atoms with van der Waals surface area (Å²) in [4.78, 5) is 2.51. The molecule has 0 spiro atoms. The third-order valence-corrected chi connectivity index (χ3v) is 3.98. The molecular weight excluding hydrogens is 252 g/mol. The van der Waals surface area contributed by atoms with Gasteiger partial charge in [0, 0.05) is 31.7 Å². The molecule has 1 aliphatic rings. The Morgan fingerprint density at radius 1 is 1.25 bits per heavy atom. The number of methoxy groups -OCH3 is 1. The van der Waals surface area contributed by atoms with Crippen LogP contribution in [0, 0.1) is 0 Å². The SMILES string of the molecule is CCC1CN(CCOc2ccc(OC)cc2)C(C)CN1. The lowest BCUT2D eigenvalue weighted by atomic mass is 10.1. The Morgan fingerprint density at radius 2 is 1.95 bits per heavy atom. The summed E-state index contributed by atoms with van der Waals surface area (Å²) in [6.07, 6.45) is 1.18. The molecule has 2 unspecified atom stereocenters. The summed E-state index contributed by atoms with van der Waals surface area (Å²) in [7, 11) is 1.67. The van der Waals surface area contributed by atoms with E-state index in [1.807, 2.05) is 24.3 Å². The Hall–Kier alpha value is -1.26. The highest BCUT2D eigenvalue weighted by molar-refractivity contribution is 5.31. The van der Waals surface area contributed by atoms with Crippen molar-refractivity contribution < 1.29 is 9.47 Å². The Balaban J connectivity index is 1.76. The second kappa shape index (κ2) is 7.50. The maximum atomic E-state index is 5.81. The standard InChI is InChI=1S/C16H26N2O2/c1-4-14-12-18(13(2)11-17-14)9-10-20-16-7-5-15(19-3)6-8-16/h5-8,13-14,17H,4,9-12H2,1-3H3. The molecule has 0 bridgehead atoms. The highest BCUT2D eigenvalue weighted by Gasteiger charge is 2.23. The van der Waals surface area contributed by atoms with Crippen LogP contribution in [0.4, 0.5) is 0 Å². The first kappa shape index (κ1) is 15.1. The summed E-state index contributed by atoms with van der Waals surface area (Å²) in [5.41, 5.74) is 0. The molecule has 112 valence electrons. The normalized spacial score (nSPS) is 23.6. The van der Waals surface area contributed by atoms with Gasteiger partial charge in [0.05, 0.1) is 7.11 Å². The fourth-order valence-corrected chi connectivity index (χ4v) is 2.53. The molecule has 1 aromatic rings. The van der Waals surface area contributed by atoms with E-state index in [9.17, 15) is 0 Å². The second-order valence-corrected chi connectivity index (χ2v) is 5.38. The van der Waals surface area contributed by atoms with Crippen LogP contribution in [-0.2, 0) is 0 Å². The molecule has 1 aromatic carbocycles. The van der Waals surface area contributed by atoms with Gasteiger partial charge in [-0.1, -0.05) is 6.92 Å². The van der Waals surface area contributed by atoms with Gasteiger partial charge in [-0.15, -0.1) is 0 Å². The zero-order valence-electron chi connectivity index (χ0n) is 12.8. The largest absolute Gasteiger partial charge is 0.497 e. The Kier molecular flexibility index (Phi) is 5.68. The van der Waals surface area contributed by atoms with E-state index in [0.717, 1.165) is 37.7 Å². The second-order valence-electron chi connectivity index (χ2n) is 5.38. The molecule has 0 radical (unpaired) electrons. The first-order valence-electron chi connectivity index (χ1n) is 7.47. The summed E-state index contributed by atoms with van der Waals surface area (Å²) in [6.45, 7) is 8.40. The van der Waals surface area contributed by atoms with Crippen LogP contribution in [0.3, 0.4) is 0 Å². The van der Waals surface area contributed by atoms with E-state index < -0.39 is 0 Å². The number of ether oxygens (including phenoxy) is 2. The van der Waals surface area contributed by atoms with Crippen molar-refractivity contribution in [1.29, 1.82) is 0 Å². The first-order chi connectivity index (χ1) is 9.72. The van der Waals surface area contributed by atoms with E-state index in [1.54, 1.807) is 7.11 Å². The van der Waals surface area contributed by atoms with Crippen molar-refractivity contribution in [2.45, 2.75) is 32.4 Å². The van der Waals surface area contributed by atoms with Crippen LogP contribution < -0.4 is 14.8 Å². The number of hydrogen-bond acceptors (Lipinski definition) is 4. The van der Waals surface area contributed by atoms with Crippen molar-refractivity contribution in [3.63, 3.8) is 0 Å². The lowest BCUT2D eigenvalue weighted by Gasteiger charge is -2.38. The van der Waals surface area contributed by atoms with E-state index in [2.05, 4.69) is 24.1 Å². The molecule has 4 nitrogen and oxygen atoms in total. The van der Waals surface area contributed by atoms with E-state index in [4.69, 9.17) is 9.47 Å². The lowest BCUT2D eigenvalue weighted by Crippen LogP contribution is -2.55. The quantitative estimate of drug-likeness (QED) is 0.864. The van der Waals surface area contributed by atoms with Crippen molar-refractivity contribution >= 4 is 0 Å². The number of nitrogens with one attached hydrogen (secondary N) is 1. The predicted octanol–water partition coefficient (Wildman–Crippen LogP) is 2.15. The average molecular weight is 278 g/mol. The van der Waals surface area contributed by atoms with Gasteiger partial charge in [-0.3, -0.25) is 4.90 Å². The minimum absolute atomic E-state index is 0.581. The van der Waals surface area contributed by atoms with Gasteiger partial charge in [0.1, 0.15) is 18.1 Å². The summed E-state index contributed by atoms with van der Waals surface area (Å²) >= 11 is 0. The molecule has 1 aliphatic heterocycles. The minimum atomic E-state index is 0.581. The van der Waals surface area contributed by atoms with Crippen molar-refractivity contribution in [2.24, 2.45) is 0 Å². The third-order valence-electron chi connectivity index (χ3n) is 3.98. The number of benzene rings is 1. The van der Waals surface area contributed by atoms with Crippen molar-refractivity contribution in [2.75, 3.05) is 33.4 Å². The molecule has 0 aromatic heterocycles. The molecule has 1 heterocycles. The molecule has 20 heavy (non-hydrogen) atoms. The fourth-order valence-electron chi connectivity index (χ4n) is 2.53. The lowest BCUT2D eigenvalue weighted by molar-refractivity contribution is 0.117. The van der Waals surface area contributed by atoms with Crippen molar-refractivity contribution in [1.82, 2.24) is 10.2 Å². The van der Waals surface area contributed by atoms with E-state index in [0.29, 0.717) is 12.1 Å². The van der Waals surface area contributed by atoms with Crippen LogP contribution in [0.5, 0.6) is 11.5 Å². The van der Waals surface area contributed by atoms with Gasteiger partial charge < -0.3 is 14.8 Å². The molecule has 0 saturated carbocycles. The zero-order valence-corrected chi connectivity index (χ0v) is 12.8. The molecule has 2 rings (SSSR count). The Bertz CT molecular complexity index is 394. The molecule has 1 fully saturated rings. The minimum Gasteiger partial charge on any atom is -0.497 e. The van der Waals surface area contributed by atoms with Gasteiger partial charge in [0.2, 0.25) is 0 Å². The van der Waals surface area contributed by atoms with Crippen molar-refractivity contribution in [3.8, 4) is 11.5 Å². The van der Waals surface area contributed by atoms with Crippen molar-refractivity contribution in [3.05, 3.63) is 24.3 Å². The molecule has 2 atom stereocenters. The van der Waals surface area contributed by atoms with Crippen LogP contribution in [0.1, 0.15) is 20.3 Å². The predicted molar refractivity (Wildman–Crippen MR) is 81.6 cm³/mol. The van der Waals surface area contributed by atoms with Crippen LogP contribution in [0.15, 0.2) is 24.3 Å². The molecule has 0 amide bonds. The van der Waals surface area contributed by atoms with Gasteiger partial charge in [-0.2, -0.15) is 0 Å².